The molecule has 3 nitrogen and oxygen atoms in total. The summed E-state index contributed by atoms with van der Waals surface area (Å²) in [6.45, 7) is -1.16. The molecule has 0 bridgehead atoms. The van der Waals surface area contributed by atoms with Crippen LogP contribution in [0, 0.1) is 0 Å². The molecule has 0 saturated heterocycles. The van der Waals surface area contributed by atoms with E-state index in [1.165, 1.54) is 18.2 Å². The molecule has 0 aliphatic carbocycles. The summed E-state index contributed by atoms with van der Waals surface area (Å²) in [7, 11) is 0. The molecule has 90 valence electrons. The molecule has 0 radical (unpaired) electrons. The van der Waals surface area contributed by atoms with Crippen molar-refractivity contribution in [2.24, 2.45) is 0 Å². The second kappa shape index (κ2) is 4.46. The van der Waals surface area contributed by atoms with Gasteiger partial charge >= 0.3 is 12.3 Å². The lowest BCUT2D eigenvalue weighted by Gasteiger charge is -2.16. The number of hydrogen-bond donors (Lipinski definition) is 3. The zero-order chi connectivity index (χ0) is 12.3. The molecular weight excluding hydrogens is 226 g/mol. The Labute approximate surface area is 89.4 Å². The van der Waals surface area contributed by atoms with Crippen molar-refractivity contribution in [2.75, 3.05) is 23.3 Å². The molecule has 0 saturated carbocycles. The highest BCUT2D eigenvalue weighted by molar-refractivity contribution is 5.69. The van der Waals surface area contributed by atoms with Gasteiger partial charge in [0.2, 0.25) is 0 Å². The zero-order valence-electron chi connectivity index (χ0n) is 8.18. The smallest absolute Gasteiger partial charge is 0.324 e. The van der Waals surface area contributed by atoms with E-state index in [-0.39, 0.29) is 11.4 Å². The van der Waals surface area contributed by atoms with Gasteiger partial charge in [-0.1, -0.05) is 0 Å². The minimum Gasteiger partial charge on any atom is -0.397 e. The Balaban J connectivity index is 2.65. The van der Waals surface area contributed by atoms with Crippen LogP contribution < -0.4 is 16.8 Å². The summed E-state index contributed by atoms with van der Waals surface area (Å²) in [5.74, 6) is -4.07. The fourth-order valence-electron chi connectivity index (χ4n) is 0.982. The van der Waals surface area contributed by atoms with Gasteiger partial charge in [-0.05, 0) is 18.2 Å². The Morgan fingerprint density at radius 1 is 1.19 bits per heavy atom. The minimum absolute atomic E-state index is 0.199. The standard InChI is InChI=1S/C9H11F4N3/c10-8(11)9(12,13)4-16-5-1-2-6(14)7(15)3-5/h1-3,8,16H,4,14-15H2. The first-order valence-corrected chi connectivity index (χ1v) is 4.38. The summed E-state index contributed by atoms with van der Waals surface area (Å²) in [6.07, 6.45) is -3.70. The van der Waals surface area contributed by atoms with E-state index in [1.807, 2.05) is 0 Å². The monoisotopic (exact) mass is 237 g/mol. The lowest BCUT2D eigenvalue weighted by atomic mass is 10.2. The average Bonchev–Trinajstić information content (AvgIpc) is 2.20. The highest BCUT2D eigenvalue weighted by atomic mass is 19.3. The largest absolute Gasteiger partial charge is 0.397 e. The summed E-state index contributed by atoms with van der Waals surface area (Å²) >= 11 is 0. The number of nitrogens with one attached hydrogen (secondary N) is 1. The van der Waals surface area contributed by atoms with Crippen molar-refractivity contribution in [2.45, 2.75) is 12.3 Å². The molecule has 0 unspecified atom stereocenters. The van der Waals surface area contributed by atoms with E-state index in [0.29, 0.717) is 5.69 Å². The molecule has 0 spiro atoms. The van der Waals surface area contributed by atoms with Crippen LogP contribution in [-0.2, 0) is 0 Å². The maximum Gasteiger partial charge on any atom is 0.324 e. The Bertz CT molecular complexity index is 368. The maximum atomic E-state index is 12.5. The normalized spacial score (nSPS) is 11.8. The molecule has 0 amide bonds. The SMILES string of the molecule is Nc1ccc(NCC(F)(F)C(F)F)cc1N. The quantitative estimate of drug-likeness (QED) is 0.555. The number of halogens is 4. The van der Waals surface area contributed by atoms with Gasteiger partial charge in [0.25, 0.3) is 0 Å². The van der Waals surface area contributed by atoms with Gasteiger partial charge < -0.3 is 16.8 Å². The Morgan fingerprint density at radius 2 is 1.81 bits per heavy atom. The molecule has 0 heterocycles. The van der Waals surface area contributed by atoms with Gasteiger partial charge in [-0.3, -0.25) is 0 Å². The van der Waals surface area contributed by atoms with Gasteiger partial charge in [-0.15, -0.1) is 0 Å². The van der Waals surface area contributed by atoms with Crippen LogP contribution >= 0.6 is 0 Å². The molecule has 5 N–H and O–H groups in total. The van der Waals surface area contributed by atoms with Gasteiger partial charge in [0.05, 0.1) is 17.9 Å². The molecule has 1 aromatic carbocycles. The molecule has 1 rings (SSSR count). The fraction of sp³-hybridized carbons (Fsp3) is 0.333. The van der Waals surface area contributed by atoms with Crippen LogP contribution in [-0.4, -0.2) is 18.9 Å². The minimum atomic E-state index is -4.07. The molecule has 0 fully saturated rings. The summed E-state index contributed by atoms with van der Waals surface area (Å²) in [6, 6.07) is 4.09. The lowest BCUT2D eigenvalue weighted by molar-refractivity contribution is -0.117. The molecule has 1 aromatic rings. The van der Waals surface area contributed by atoms with Crippen molar-refractivity contribution < 1.29 is 17.6 Å². The zero-order valence-corrected chi connectivity index (χ0v) is 8.18. The van der Waals surface area contributed by atoms with Crippen LogP contribution in [0.15, 0.2) is 18.2 Å². The van der Waals surface area contributed by atoms with Crippen molar-refractivity contribution in [3.05, 3.63) is 18.2 Å². The van der Waals surface area contributed by atoms with Gasteiger partial charge in [0, 0.05) is 5.69 Å². The first kappa shape index (κ1) is 12.4. The summed E-state index contributed by atoms with van der Waals surface area (Å²) in [5.41, 5.74) is 11.5. The highest BCUT2D eigenvalue weighted by Gasteiger charge is 2.40. The van der Waals surface area contributed by atoms with E-state index < -0.39 is 18.9 Å². The number of benzene rings is 1. The molecule has 0 atom stereocenters. The summed E-state index contributed by atoms with van der Waals surface area (Å²) in [4.78, 5) is 0. The predicted molar refractivity (Wildman–Crippen MR) is 54.7 cm³/mol. The van der Waals surface area contributed by atoms with Crippen LogP contribution in [0.1, 0.15) is 0 Å². The Morgan fingerprint density at radius 3 is 2.31 bits per heavy atom. The number of nitrogen functional groups attached to an aromatic ring is 2. The number of nitrogens with two attached hydrogens (primary N) is 2. The first-order chi connectivity index (χ1) is 7.33. The molecule has 16 heavy (non-hydrogen) atoms. The third-order valence-electron chi connectivity index (χ3n) is 1.93. The average molecular weight is 237 g/mol. The number of hydrogen-bond acceptors (Lipinski definition) is 3. The number of anilines is 3. The van der Waals surface area contributed by atoms with Crippen molar-refractivity contribution in [3.8, 4) is 0 Å². The molecule has 7 heteroatoms. The fourth-order valence-corrected chi connectivity index (χ4v) is 0.982. The Hall–Kier alpha value is -1.66. The van der Waals surface area contributed by atoms with Crippen LogP contribution in [0.2, 0.25) is 0 Å². The van der Waals surface area contributed by atoms with E-state index in [9.17, 15) is 17.6 Å². The van der Waals surface area contributed by atoms with Crippen LogP contribution in [0.3, 0.4) is 0 Å². The van der Waals surface area contributed by atoms with Gasteiger partial charge in [-0.25, -0.2) is 8.78 Å². The van der Waals surface area contributed by atoms with E-state index in [0.717, 1.165) is 0 Å². The van der Waals surface area contributed by atoms with Gasteiger partial charge in [-0.2, -0.15) is 8.78 Å². The van der Waals surface area contributed by atoms with Crippen LogP contribution in [0.25, 0.3) is 0 Å². The topological polar surface area (TPSA) is 64.1 Å². The second-order valence-corrected chi connectivity index (χ2v) is 3.26. The van der Waals surface area contributed by atoms with Crippen LogP contribution in [0.4, 0.5) is 34.6 Å². The first-order valence-electron chi connectivity index (χ1n) is 4.38. The number of rotatable bonds is 4. The van der Waals surface area contributed by atoms with Crippen LogP contribution in [0.5, 0.6) is 0 Å². The van der Waals surface area contributed by atoms with Crippen molar-refractivity contribution >= 4 is 17.1 Å². The molecule has 0 aliphatic heterocycles. The van der Waals surface area contributed by atoms with Crippen molar-refractivity contribution in [1.29, 1.82) is 0 Å². The van der Waals surface area contributed by atoms with Crippen molar-refractivity contribution in [3.63, 3.8) is 0 Å². The maximum absolute atomic E-state index is 12.5. The van der Waals surface area contributed by atoms with E-state index in [2.05, 4.69) is 5.32 Å². The number of alkyl halides is 4. The van der Waals surface area contributed by atoms with E-state index in [4.69, 9.17) is 11.5 Å². The van der Waals surface area contributed by atoms with Gasteiger partial charge in [0.15, 0.2) is 0 Å². The summed E-state index contributed by atoms with van der Waals surface area (Å²) in [5, 5.41) is 2.17. The highest BCUT2D eigenvalue weighted by Crippen LogP contribution is 2.25. The third-order valence-corrected chi connectivity index (χ3v) is 1.93. The van der Waals surface area contributed by atoms with E-state index >= 15 is 0 Å². The predicted octanol–water partition coefficient (Wildman–Crippen LogP) is 2.16. The summed E-state index contributed by atoms with van der Waals surface area (Å²) < 4.78 is 48.7. The Kier molecular flexibility index (Phi) is 3.46. The van der Waals surface area contributed by atoms with E-state index in [1.54, 1.807) is 0 Å². The lowest BCUT2D eigenvalue weighted by Crippen LogP contribution is -2.34. The van der Waals surface area contributed by atoms with Gasteiger partial charge in [0.1, 0.15) is 0 Å². The molecule has 0 aliphatic rings. The van der Waals surface area contributed by atoms with Crippen molar-refractivity contribution in [1.82, 2.24) is 0 Å². The third kappa shape index (κ3) is 2.91. The molecule has 0 aromatic heterocycles. The second-order valence-electron chi connectivity index (χ2n) is 3.26. The molecular formula is C9H11F4N3.